The van der Waals surface area contributed by atoms with Gasteiger partial charge in [0, 0.05) is 13.1 Å². The second kappa shape index (κ2) is 8.51. The van der Waals surface area contributed by atoms with E-state index >= 15 is 0 Å². The van der Waals surface area contributed by atoms with Gasteiger partial charge >= 0.3 is 6.09 Å². The van der Waals surface area contributed by atoms with E-state index in [1.54, 1.807) is 0 Å². The van der Waals surface area contributed by atoms with Gasteiger partial charge in [-0.1, -0.05) is 26.0 Å². The fraction of sp³-hybridized carbons (Fsp3) is 0.588. The molecule has 0 saturated carbocycles. The summed E-state index contributed by atoms with van der Waals surface area (Å²) >= 11 is 0. The predicted molar refractivity (Wildman–Crippen MR) is 89.5 cm³/mol. The molecule has 0 aliphatic rings. The fourth-order valence-corrected chi connectivity index (χ4v) is 1.67. The van der Waals surface area contributed by atoms with Crippen LogP contribution in [0, 0.1) is 5.92 Å². The first-order chi connectivity index (χ1) is 10.3. The Morgan fingerprint density at radius 3 is 2.50 bits per heavy atom. The van der Waals surface area contributed by atoms with E-state index in [1.165, 1.54) is 0 Å². The number of nitrogens with one attached hydrogen (secondary N) is 2. The number of rotatable bonds is 7. The van der Waals surface area contributed by atoms with Crippen molar-refractivity contribution in [3.8, 4) is 5.75 Å². The molecule has 1 amide bonds. The topological polar surface area (TPSA) is 59.6 Å². The van der Waals surface area contributed by atoms with E-state index < -0.39 is 11.7 Å². The molecule has 22 heavy (non-hydrogen) atoms. The van der Waals surface area contributed by atoms with Crippen LogP contribution in [0.1, 0.15) is 34.6 Å². The lowest BCUT2D eigenvalue weighted by atomic mass is 10.2. The second-order valence-electron chi connectivity index (χ2n) is 6.56. The molecule has 0 saturated heterocycles. The van der Waals surface area contributed by atoms with Gasteiger partial charge in [0.25, 0.3) is 0 Å². The monoisotopic (exact) mass is 308 g/mol. The molecule has 0 atom stereocenters. The van der Waals surface area contributed by atoms with Crippen molar-refractivity contribution in [1.29, 1.82) is 0 Å². The van der Waals surface area contributed by atoms with Gasteiger partial charge < -0.3 is 20.1 Å². The first-order valence-corrected chi connectivity index (χ1v) is 7.70. The molecule has 124 valence electrons. The highest BCUT2D eigenvalue weighted by Crippen LogP contribution is 2.23. The number of benzene rings is 1. The summed E-state index contributed by atoms with van der Waals surface area (Å²) in [4.78, 5) is 11.5. The van der Waals surface area contributed by atoms with E-state index in [4.69, 9.17) is 9.47 Å². The number of alkyl carbamates (subject to hydrolysis) is 1. The minimum Gasteiger partial charge on any atom is -0.491 e. The number of hydrogen-bond acceptors (Lipinski definition) is 4. The van der Waals surface area contributed by atoms with Crippen LogP contribution in [0.25, 0.3) is 0 Å². The van der Waals surface area contributed by atoms with E-state index in [9.17, 15) is 4.79 Å². The van der Waals surface area contributed by atoms with Gasteiger partial charge in [-0.2, -0.15) is 0 Å². The Labute approximate surface area is 133 Å². The number of amides is 1. The van der Waals surface area contributed by atoms with Crippen LogP contribution < -0.4 is 15.4 Å². The molecule has 0 heterocycles. The maximum Gasteiger partial charge on any atom is 0.407 e. The van der Waals surface area contributed by atoms with Crippen LogP contribution >= 0.6 is 0 Å². The van der Waals surface area contributed by atoms with E-state index in [-0.39, 0.29) is 0 Å². The van der Waals surface area contributed by atoms with Gasteiger partial charge in [-0.3, -0.25) is 0 Å². The highest BCUT2D eigenvalue weighted by Gasteiger charge is 2.15. The predicted octanol–water partition coefficient (Wildman–Crippen LogP) is 3.66. The lowest BCUT2D eigenvalue weighted by Crippen LogP contribution is -2.35. The first kappa shape index (κ1) is 18.1. The van der Waals surface area contributed by atoms with E-state index in [0.29, 0.717) is 25.6 Å². The summed E-state index contributed by atoms with van der Waals surface area (Å²) < 4.78 is 10.9. The molecule has 5 nitrogen and oxygen atoms in total. The maximum absolute atomic E-state index is 11.5. The standard InChI is InChI=1S/C17H28N2O3/c1-13(2)12-21-15-9-7-6-8-14(15)18-10-11-19-16(20)22-17(3,4)5/h6-9,13,18H,10-12H2,1-5H3,(H,19,20). The summed E-state index contributed by atoms with van der Waals surface area (Å²) in [5, 5.41) is 5.97. The Bertz CT molecular complexity index is 467. The van der Waals surface area contributed by atoms with E-state index in [1.807, 2.05) is 45.0 Å². The molecule has 0 aliphatic carbocycles. The van der Waals surface area contributed by atoms with Gasteiger partial charge in [-0.25, -0.2) is 4.79 Å². The zero-order valence-electron chi connectivity index (χ0n) is 14.2. The fourth-order valence-electron chi connectivity index (χ4n) is 1.67. The number of ether oxygens (including phenoxy) is 2. The van der Waals surface area contributed by atoms with Gasteiger partial charge in [-0.15, -0.1) is 0 Å². The molecule has 1 rings (SSSR count). The molecule has 1 aromatic carbocycles. The summed E-state index contributed by atoms with van der Waals surface area (Å²) in [6.45, 7) is 11.5. The van der Waals surface area contributed by atoms with Crippen molar-refractivity contribution in [2.75, 3.05) is 25.0 Å². The van der Waals surface area contributed by atoms with Crippen molar-refractivity contribution in [3.63, 3.8) is 0 Å². The van der Waals surface area contributed by atoms with Crippen LogP contribution in [0.15, 0.2) is 24.3 Å². The molecule has 0 radical (unpaired) electrons. The highest BCUT2D eigenvalue weighted by atomic mass is 16.6. The Hall–Kier alpha value is -1.91. The lowest BCUT2D eigenvalue weighted by Gasteiger charge is -2.20. The molecule has 0 bridgehead atoms. The van der Waals surface area contributed by atoms with Gasteiger partial charge in [0.1, 0.15) is 11.4 Å². The van der Waals surface area contributed by atoms with E-state index in [0.717, 1.165) is 11.4 Å². The van der Waals surface area contributed by atoms with Crippen LogP contribution in [0.4, 0.5) is 10.5 Å². The minimum atomic E-state index is -0.477. The highest BCUT2D eigenvalue weighted by molar-refractivity contribution is 5.67. The molecular weight excluding hydrogens is 280 g/mol. The lowest BCUT2D eigenvalue weighted by molar-refractivity contribution is 0.0530. The Morgan fingerprint density at radius 2 is 1.86 bits per heavy atom. The molecule has 0 aliphatic heterocycles. The SMILES string of the molecule is CC(C)COc1ccccc1NCCNC(=O)OC(C)(C)C. The zero-order chi connectivity index (χ0) is 16.6. The molecule has 0 spiro atoms. The quantitative estimate of drug-likeness (QED) is 0.755. The summed E-state index contributed by atoms with van der Waals surface area (Å²) in [6.07, 6.45) is -0.404. The maximum atomic E-state index is 11.5. The smallest absolute Gasteiger partial charge is 0.407 e. The van der Waals surface area contributed by atoms with Crippen molar-refractivity contribution in [3.05, 3.63) is 24.3 Å². The third-order valence-electron chi connectivity index (χ3n) is 2.57. The summed E-state index contributed by atoms with van der Waals surface area (Å²) in [6, 6.07) is 7.79. The molecule has 0 unspecified atom stereocenters. The first-order valence-electron chi connectivity index (χ1n) is 7.70. The molecule has 5 heteroatoms. The molecule has 0 fully saturated rings. The average molecular weight is 308 g/mol. The van der Waals surface area contributed by atoms with Crippen LogP contribution in [0.2, 0.25) is 0 Å². The van der Waals surface area contributed by atoms with Crippen LogP contribution in [-0.2, 0) is 4.74 Å². The molecular formula is C17H28N2O3. The van der Waals surface area contributed by atoms with Crippen molar-refractivity contribution in [2.45, 2.75) is 40.2 Å². The number of para-hydroxylation sites is 2. The summed E-state index contributed by atoms with van der Waals surface area (Å²) in [7, 11) is 0. The second-order valence-corrected chi connectivity index (χ2v) is 6.56. The van der Waals surface area contributed by atoms with Gasteiger partial charge in [-0.05, 0) is 38.8 Å². The van der Waals surface area contributed by atoms with Crippen LogP contribution in [-0.4, -0.2) is 31.4 Å². The molecule has 0 aromatic heterocycles. The van der Waals surface area contributed by atoms with Crippen LogP contribution in [0.5, 0.6) is 5.75 Å². The number of carbonyl (C=O) groups excluding carboxylic acids is 1. The normalized spacial score (nSPS) is 11.2. The Morgan fingerprint density at radius 1 is 1.18 bits per heavy atom. The van der Waals surface area contributed by atoms with Gasteiger partial charge in [0.05, 0.1) is 12.3 Å². The van der Waals surface area contributed by atoms with Gasteiger partial charge in [0.2, 0.25) is 0 Å². The Balaban J connectivity index is 2.37. The zero-order valence-corrected chi connectivity index (χ0v) is 14.2. The average Bonchev–Trinajstić information content (AvgIpc) is 2.40. The van der Waals surface area contributed by atoms with Crippen LogP contribution in [0.3, 0.4) is 0 Å². The number of carbonyl (C=O) groups is 1. The third kappa shape index (κ3) is 7.76. The Kier molecular flexibility index (Phi) is 7.02. The van der Waals surface area contributed by atoms with Crippen molar-refractivity contribution >= 4 is 11.8 Å². The third-order valence-corrected chi connectivity index (χ3v) is 2.57. The summed E-state index contributed by atoms with van der Waals surface area (Å²) in [5.41, 5.74) is 0.448. The largest absolute Gasteiger partial charge is 0.491 e. The number of anilines is 1. The number of hydrogen-bond donors (Lipinski definition) is 2. The van der Waals surface area contributed by atoms with Crippen molar-refractivity contribution in [2.24, 2.45) is 5.92 Å². The van der Waals surface area contributed by atoms with Gasteiger partial charge in [0.15, 0.2) is 0 Å². The van der Waals surface area contributed by atoms with E-state index in [2.05, 4.69) is 24.5 Å². The van der Waals surface area contributed by atoms with Crippen molar-refractivity contribution in [1.82, 2.24) is 5.32 Å². The summed E-state index contributed by atoms with van der Waals surface area (Å²) in [5.74, 6) is 1.30. The molecule has 2 N–H and O–H groups in total. The minimum absolute atomic E-state index is 0.404. The van der Waals surface area contributed by atoms with Crippen molar-refractivity contribution < 1.29 is 14.3 Å². The molecule has 1 aromatic rings.